The highest BCUT2D eigenvalue weighted by Crippen LogP contribution is 2.46. The van der Waals surface area contributed by atoms with Crippen molar-refractivity contribution in [3.8, 4) is 0 Å². The van der Waals surface area contributed by atoms with Gasteiger partial charge in [-0.1, -0.05) is 0 Å². The third kappa shape index (κ3) is 5.73. The molecule has 2 N–H and O–H groups in total. The van der Waals surface area contributed by atoms with E-state index in [-0.39, 0.29) is 35.1 Å². The lowest BCUT2D eigenvalue weighted by atomic mass is 10.1. The summed E-state index contributed by atoms with van der Waals surface area (Å²) in [7, 11) is -2.92. The molecule has 0 aromatic rings. The van der Waals surface area contributed by atoms with Crippen LogP contribution in [0.4, 0.5) is 0 Å². The Morgan fingerprint density at radius 2 is 1.83 bits per heavy atom. The van der Waals surface area contributed by atoms with Crippen LogP contribution in [0.15, 0.2) is 4.99 Å². The molecule has 0 aromatic heterocycles. The number of rotatable bonds is 6. The maximum absolute atomic E-state index is 11.3. The summed E-state index contributed by atoms with van der Waals surface area (Å²) in [6.45, 7) is 6.22. The molecule has 0 amide bonds. The lowest BCUT2D eigenvalue weighted by Gasteiger charge is -2.20. The van der Waals surface area contributed by atoms with Gasteiger partial charge in [0, 0.05) is 31.3 Å². The summed E-state index contributed by atoms with van der Waals surface area (Å²) >= 11 is 0. The Kier molecular flexibility index (Phi) is 6.91. The fourth-order valence-corrected chi connectivity index (χ4v) is 3.47. The van der Waals surface area contributed by atoms with E-state index in [9.17, 15) is 8.42 Å². The summed E-state index contributed by atoms with van der Waals surface area (Å²) in [5.74, 6) is 0.754. The van der Waals surface area contributed by atoms with Crippen molar-refractivity contribution < 1.29 is 8.42 Å². The zero-order valence-corrected chi connectivity index (χ0v) is 14.5. The first-order chi connectivity index (χ1) is 7.82. The Hall–Kier alpha value is -0.0500. The Morgan fingerprint density at radius 3 is 2.17 bits per heavy atom. The van der Waals surface area contributed by atoms with Gasteiger partial charge in [0.25, 0.3) is 0 Å². The number of guanidine groups is 1. The van der Waals surface area contributed by atoms with Crippen LogP contribution in [0, 0.1) is 5.41 Å². The first kappa shape index (κ1) is 17.9. The lowest BCUT2D eigenvalue weighted by Crippen LogP contribution is -2.37. The van der Waals surface area contributed by atoms with Gasteiger partial charge < -0.3 is 10.6 Å². The van der Waals surface area contributed by atoms with E-state index in [1.165, 1.54) is 6.26 Å². The summed E-state index contributed by atoms with van der Waals surface area (Å²) in [6.07, 6.45) is 3.16. The van der Waals surface area contributed by atoms with Gasteiger partial charge in [-0.05, 0) is 26.7 Å². The molecule has 0 spiro atoms. The van der Waals surface area contributed by atoms with Gasteiger partial charge in [0.05, 0.1) is 5.75 Å². The molecule has 18 heavy (non-hydrogen) atoms. The lowest BCUT2D eigenvalue weighted by molar-refractivity contribution is 0.453. The summed E-state index contributed by atoms with van der Waals surface area (Å²) in [5.41, 5.74) is 5.73. The van der Waals surface area contributed by atoms with Gasteiger partial charge in [-0.15, -0.1) is 24.0 Å². The van der Waals surface area contributed by atoms with E-state index in [4.69, 9.17) is 5.73 Å². The highest BCUT2D eigenvalue weighted by molar-refractivity contribution is 14.0. The molecule has 0 bridgehead atoms. The van der Waals surface area contributed by atoms with Crippen molar-refractivity contribution in [1.82, 2.24) is 4.90 Å². The number of sulfone groups is 1. The van der Waals surface area contributed by atoms with Crippen molar-refractivity contribution in [2.24, 2.45) is 16.1 Å². The Morgan fingerprint density at radius 1 is 1.33 bits per heavy atom. The molecule has 0 radical (unpaired) electrons. The molecule has 1 aliphatic carbocycles. The molecule has 1 aliphatic rings. The summed E-state index contributed by atoms with van der Waals surface area (Å²) in [4.78, 5) is 6.31. The van der Waals surface area contributed by atoms with Gasteiger partial charge >= 0.3 is 0 Å². The molecule has 0 aliphatic heterocycles. The molecule has 1 rings (SSSR count). The Bertz CT molecular complexity index is 387. The number of halogens is 1. The molecule has 1 saturated carbocycles. The van der Waals surface area contributed by atoms with Crippen molar-refractivity contribution in [1.29, 1.82) is 0 Å². The standard InChI is InChI=1S/C11H23N3O2S.HI/c1-4-14(5-2)10(12)13-8-11(6-7-11)9-17(3,15)16;/h4-9H2,1-3H3,(H2,12,13);1H. The van der Waals surface area contributed by atoms with E-state index >= 15 is 0 Å². The SMILES string of the molecule is CCN(CC)C(N)=NCC1(CS(C)(=O)=O)CC1.I. The minimum Gasteiger partial charge on any atom is -0.370 e. The topological polar surface area (TPSA) is 75.8 Å². The third-order valence-electron chi connectivity index (χ3n) is 3.19. The number of nitrogens with two attached hydrogens (primary N) is 1. The molecule has 0 unspecified atom stereocenters. The highest BCUT2D eigenvalue weighted by atomic mass is 127. The smallest absolute Gasteiger partial charge is 0.191 e. The van der Waals surface area contributed by atoms with E-state index in [1.807, 2.05) is 18.7 Å². The summed E-state index contributed by atoms with van der Waals surface area (Å²) in [5, 5.41) is 0. The van der Waals surface area contributed by atoms with Crippen molar-refractivity contribution in [3.63, 3.8) is 0 Å². The zero-order chi connectivity index (χ0) is 13.1. The van der Waals surface area contributed by atoms with Gasteiger partial charge in [0.2, 0.25) is 0 Å². The van der Waals surface area contributed by atoms with Crippen LogP contribution in [0.25, 0.3) is 0 Å². The monoisotopic (exact) mass is 389 g/mol. The quantitative estimate of drug-likeness (QED) is 0.419. The molecule has 5 nitrogen and oxygen atoms in total. The number of hydrogen-bond acceptors (Lipinski definition) is 3. The fourth-order valence-electron chi connectivity index (χ4n) is 1.98. The minimum absolute atomic E-state index is 0. The van der Waals surface area contributed by atoms with Crippen LogP contribution in [0.5, 0.6) is 0 Å². The Balaban J connectivity index is 0.00000289. The summed E-state index contributed by atoms with van der Waals surface area (Å²) < 4.78 is 22.6. The predicted octanol–water partition coefficient (Wildman–Crippen LogP) is 1.09. The summed E-state index contributed by atoms with van der Waals surface area (Å²) in [6, 6.07) is 0. The van der Waals surface area contributed by atoms with Gasteiger partial charge in [-0.2, -0.15) is 0 Å². The third-order valence-corrected chi connectivity index (χ3v) is 4.33. The average molecular weight is 389 g/mol. The molecule has 7 heteroatoms. The molecule has 108 valence electrons. The molecule has 1 fully saturated rings. The van der Waals surface area contributed by atoms with Crippen LogP contribution in [0.2, 0.25) is 0 Å². The van der Waals surface area contributed by atoms with Crippen molar-refractivity contribution in [3.05, 3.63) is 0 Å². The maximum atomic E-state index is 11.3. The van der Waals surface area contributed by atoms with Crippen LogP contribution in [-0.4, -0.2) is 50.9 Å². The molecule has 0 heterocycles. The largest absolute Gasteiger partial charge is 0.370 e. The van der Waals surface area contributed by atoms with Gasteiger partial charge in [0.1, 0.15) is 9.84 Å². The van der Waals surface area contributed by atoms with E-state index < -0.39 is 9.84 Å². The number of aliphatic imine (C=N–C) groups is 1. The fraction of sp³-hybridized carbons (Fsp3) is 0.909. The van der Waals surface area contributed by atoms with Gasteiger partial charge in [0.15, 0.2) is 5.96 Å². The van der Waals surface area contributed by atoms with Crippen LogP contribution < -0.4 is 5.73 Å². The molecular formula is C11H24IN3O2S. The first-order valence-corrected chi connectivity index (χ1v) is 8.10. The number of nitrogens with zero attached hydrogens (tertiary/aromatic N) is 2. The normalized spacial score (nSPS) is 18.1. The highest BCUT2D eigenvalue weighted by Gasteiger charge is 2.45. The van der Waals surface area contributed by atoms with Crippen LogP contribution in [0.1, 0.15) is 26.7 Å². The first-order valence-electron chi connectivity index (χ1n) is 6.04. The van der Waals surface area contributed by atoms with Crippen LogP contribution in [0.3, 0.4) is 0 Å². The second-order valence-electron chi connectivity index (χ2n) is 4.92. The maximum Gasteiger partial charge on any atom is 0.191 e. The molecular weight excluding hydrogens is 365 g/mol. The van der Waals surface area contributed by atoms with Gasteiger partial charge in [-0.3, -0.25) is 4.99 Å². The van der Waals surface area contributed by atoms with Crippen molar-refractivity contribution >= 4 is 39.8 Å². The van der Waals surface area contributed by atoms with E-state index in [0.29, 0.717) is 12.5 Å². The van der Waals surface area contributed by atoms with Crippen LogP contribution in [-0.2, 0) is 9.84 Å². The Labute approximate surface area is 127 Å². The van der Waals surface area contributed by atoms with Crippen molar-refractivity contribution in [2.75, 3.05) is 31.6 Å². The van der Waals surface area contributed by atoms with E-state index in [2.05, 4.69) is 4.99 Å². The second-order valence-corrected chi connectivity index (χ2v) is 7.06. The van der Waals surface area contributed by atoms with Gasteiger partial charge in [-0.25, -0.2) is 8.42 Å². The van der Waals surface area contributed by atoms with Crippen molar-refractivity contribution in [2.45, 2.75) is 26.7 Å². The number of hydrogen-bond donors (Lipinski definition) is 1. The molecule has 0 atom stereocenters. The van der Waals surface area contributed by atoms with E-state index in [0.717, 1.165) is 25.9 Å². The second kappa shape index (κ2) is 6.93. The van der Waals surface area contributed by atoms with E-state index in [1.54, 1.807) is 0 Å². The van der Waals surface area contributed by atoms with Crippen LogP contribution >= 0.6 is 24.0 Å². The molecule has 0 aromatic carbocycles. The predicted molar refractivity (Wildman–Crippen MR) is 86.2 cm³/mol. The molecule has 0 saturated heterocycles. The zero-order valence-electron chi connectivity index (χ0n) is 11.3. The average Bonchev–Trinajstić information content (AvgIpc) is 2.95. The minimum atomic E-state index is -2.92.